The van der Waals surface area contributed by atoms with Gasteiger partial charge in [-0.3, -0.25) is 14.8 Å². The Kier molecular flexibility index (Phi) is 5.36. The summed E-state index contributed by atoms with van der Waals surface area (Å²) in [6.45, 7) is 4.03. The van der Waals surface area contributed by atoms with Gasteiger partial charge in [0, 0.05) is 26.0 Å². The van der Waals surface area contributed by atoms with Crippen molar-refractivity contribution in [3.05, 3.63) is 53.6 Å². The molecule has 142 valence electrons. The molecule has 0 amide bonds. The van der Waals surface area contributed by atoms with Crippen molar-refractivity contribution in [2.75, 3.05) is 23.2 Å². The average Bonchev–Trinajstić information content (AvgIpc) is 3.00. The highest BCUT2D eigenvalue weighted by Crippen LogP contribution is 2.20. The smallest absolute Gasteiger partial charge is 0.266 e. The second-order valence-electron chi connectivity index (χ2n) is 6.17. The summed E-state index contributed by atoms with van der Waals surface area (Å²) in [5.74, 6) is 0.809. The summed E-state index contributed by atoms with van der Waals surface area (Å²) in [5, 5.41) is 14.7. The molecule has 0 spiro atoms. The molecular formula is C17H21N7O2S. The third kappa shape index (κ3) is 4.40. The van der Waals surface area contributed by atoms with Crippen LogP contribution in [-0.4, -0.2) is 47.4 Å². The van der Waals surface area contributed by atoms with Crippen LogP contribution in [0.25, 0.3) is 0 Å². The van der Waals surface area contributed by atoms with E-state index in [0.29, 0.717) is 17.2 Å². The van der Waals surface area contributed by atoms with Crippen LogP contribution in [0.15, 0.2) is 41.6 Å². The molecule has 10 heteroatoms. The molecule has 0 saturated carbocycles. The number of nitrogens with zero attached hydrogens (tertiary/aromatic N) is 5. The highest BCUT2D eigenvalue weighted by atomic mass is 32.2. The van der Waals surface area contributed by atoms with Gasteiger partial charge in [-0.1, -0.05) is 0 Å². The van der Waals surface area contributed by atoms with E-state index >= 15 is 0 Å². The number of aromatic amines is 1. The topological polar surface area (TPSA) is 117 Å². The molecule has 0 aliphatic heterocycles. The Bertz CT molecular complexity index is 982. The molecule has 3 aromatic heterocycles. The van der Waals surface area contributed by atoms with Gasteiger partial charge in [-0.2, -0.15) is 5.10 Å². The van der Waals surface area contributed by atoms with Crippen LogP contribution in [0.5, 0.6) is 0 Å². The molecule has 0 aliphatic carbocycles. The number of aromatic nitrogens is 5. The number of aryl methyl sites for hydroxylation is 2. The number of pyridine rings is 1. The molecule has 27 heavy (non-hydrogen) atoms. The standard InChI is InChI=1S/C17H21N7O2S/c1-12-17(13(2)20-19-12)27(25,26)23-15-4-5-16(22-21-15)24(3)11-8-14-6-9-18-10-7-14/h4-7,9-10H,8,11H2,1-3H3,(H,19,20)(H,21,23). The fourth-order valence-corrected chi connectivity index (χ4v) is 4.04. The van der Waals surface area contributed by atoms with E-state index in [0.717, 1.165) is 13.0 Å². The van der Waals surface area contributed by atoms with Crippen molar-refractivity contribution in [1.29, 1.82) is 0 Å². The number of sulfonamides is 1. The molecule has 0 unspecified atom stereocenters. The number of H-pyrrole nitrogens is 1. The molecule has 3 heterocycles. The van der Waals surface area contributed by atoms with Gasteiger partial charge in [-0.25, -0.2) is 8.42 Å². The first-order chi connectivity index (χ1) is 12.9. The van der Waals surface area contributed by atoms with Crippen LogP contribution < -0.4 is 9.62 Å². The predicted molar refractivity (Wildman–Crippen MR) is 102 cm³/mol. The van der Waals surface area contributed by atoms with Crippen LogP contribution in [-0.2, 0) is 16.4 Å². The number of likely N-dealkylation sites (N-methyl/N-ethyl adjacent to an activating group) is 1. The number of rotatable bonds is 7. The lowest BCUT2D eigenvalue weighted by molar-refractivity contribution is 0.600. The number of hydrogen-bond acceptors (Lipinski definition) is 7. The average molecular weight is 387 g/mol. The normalized spacial score (nSPS) is 11.4. The van der Waals surface area contributed by atoms with Gasteiger partial charge >= 0.3 is 0 Å². The van der Waals surface area contributed by atoms with Gasteiger partial charge in [0.15, 0.2) is 11.6 Å². The van der Waals surface area contributed by atoms with E-state index < -0.39 is 10.0 Å². The lowest BCUT2D eigenvalue weighted by atomic mass is 10.2. The van der Waals surface area contributed by atoms with Gasteiger partial charge in [0.1, 0.15) is 4.90 Å². The van der Waals surface area contributed by atoms with Crippen molar-refractivity contribution in [2.45, 2.75) is 25.2 Å². The zero-order valence-electron chi connectivity index (χ0n) is 15.3. The van der Waals surface area contributed by atoms with Crippen molar-refractivity contribution in [1.82, 2.24) is 25.4 Å². The molecule has 3 rings (SSSR count). The highest BCUT2D eigenvalue weighted by Gasteiger charge is 2.23. The number of anilines is 2. The Labute approximate surface area is 157 Å². The quantitative estimate of drug-likeness (QED) is 0.633. The summed E-state index contributed by atoms with van der Waals surface area (Å²) in [7, 11) is -1.87. The Morgan fingerprint density at radius 2 is 1.85 bits per heavy atom. The van der Waals surface area contributed by atoms with E-state index in [1.807, 2.05) is 24.1 Å². The van der Waals surface area contributed by atoms with Crippen LogP contribution in [0, 0.1) is 13.8 Å². The second kappa shape index (κ2) is 7.70. The summed E-state index contributed by atoms with van der Waals surface area (Å²) in [4.78, 5) is 6.08. The van der Waals surface area contributed by atoms with E-state index in [1.165, 1.54) is 5.56 Å². The van der Waals surface area contributed by atoms with Gasteiger partial charge in [0.05, 0.1) is 11.4 Å². The van der Waals surface area contributed by atoms with E-state index in [2.05, 4.69) is 30.1 Å². The number of nitrogens with one attached hydrogen (secondary N) is 2. The van der Waals surface area contributed by atoms with Crippen LogP contribution in [0.2, 0.25) is 0 Å². The molecule has 3 aromatic rings. The first-order valence-electron chi connectivity index (χ1n) is 8.35. The largest absolute Gasteiger partial charge is 0.358 e. The van der Waals surface area contributed by atoms with E-state index in [4.69, 9.17) is 0 Å². The molecule has 0 radical (unpaired) electrons. The van der Waals surface area contributed by atoms with Crippen molar-refractivity contribution >= 4 is 21.7 Å². The van der Waals surface area contributed by atoms with Gasteiger partial charge in [0.2, 0.25) is 0 Å². The maximum absolute atomic E-state index is 12.5. The first-order valence-corrected chi connectivity index (χ1v) is 9.83. The van der Waals surface area contributed by atoms with Gasteiger partial charge < -0.3 is 4.90 Å². The zero-order chi connectivity index (χ0) is 19.4. The lowest BCUT2D eigenvalue weighted by Gasteiger charge is -2.17. The van der Waals surface area contributed by atoms with Crippen molar-refractivity contribution in [2.24, 2.45) is 0 Å². The Hall–Kier alpha value is -3.01. The van der Waals surface area contributed by atoms with Gasteiger partial charge in [0.25, 0.3) is 10.0 Å². The third-order valence-corrected chi connectivity index (χ3v) is 5.71. The molecule has 2 N–H and O–H groups in total. The molecule has 0 aliphatic rings. The molecule has 0 fully saturated rings. The fourth-order valence-electron chi connectivity index (χ4n) is 2.67. The van der Waals surface area contributed by atoms with Crippen LogP contribution in [0.1, 0.15) is 17.0 Å². The SMILES string of the molecule is Cc1n[nH]c(C)c1S(=O)(=O)Nc1ccc(N(C)CCc2ccncc2)nn1. The van der Waals surface area contributed by atoms with Gasteiger partial charge in [-0.15, -0.1) is 10.2 Å². The van der Waals surface area contributed by atoms with E-state index in [1.54, 1.807) is 38.4 Å². The maximum atomic E-state index is 12.5. The highest BCUT2D eigenvalue weighted by molar-refractivity contribution is 7.92. The fraction of sp³-hybridized carbons (Fsp3) is 0.294. The van der Waals surface area contributed by atoms with Crippen molar-refractivity contribution in [3.8, 4) is 0 Å². The molecule has 0 saturated heterocycles. The van der Waals surface area contributed by atoms with Gasteiger partial charge in [-0.05, 0) is 50.1 Å². The zero-order valence-corrected chi connectivity index (χ0v) is 16.2. The first kappa shape index (κ1) is 18.8. The molecule has 0 atom stereocenters. The molecule has 9 nitrogen and oxygen atoms in total. The summed E-state index contributed by atoms with van der Waals surface area (Å²) >= 11 is 0. The van der Waals surface area contributed by atoms with Crippen LogP contribution in [0.4, 0.5) is 11.6 Å². The number of hydrogen-bond donors (Lipinski definition) is 2. The van der Waals surface area contributed by atoms with Crippen LogP contribution >= 0.6 is 0 Å². The summed E-state index contributed by atoms with van der Waals surface area (Å²) in [5.41, 5.74) is 2.06. The predicted octanol–water partition coefficient (Wildman–Crippen LogP) is 1.69. The van der Waals surface area contributed by atoms with Crippen LogP contribution in [0.3, 0.4) is 0 Å². The molecule has 0 aromatic carbocycles. The third-order valence-electron chi connectivity index (χ3n) is 4.09. The minimum Gasteiger partial charge on any atom is -0.358 e. The Balaban J connectivity index is 1.66. The van der Waals surface area contributed by atoms with E-state index in [9.17, 15) is 8.42 Å². The second-order valence-corrected chi connectivity index (χ2v) is 7.79. The Morgan fingerprint density at radius 3 is 2.44 bits per heavy atom. The maximum Gasteiger partial charge on any atom is 0.266 e. The monoisotopic (exact) mass is 387 g/mol. The lowest BCUT2D eigenvalue weighted by Crippen LogP contribution is -2.22. The minimum absolute atomic E-state index is 0.128. The summed E-state index contributed by atoms with van der Waals surface area (Å²) < 4.78 is 27.5. The minimum atomic E-state index is -3.78. The molecule has 0 bridgehead atoms. The summed E-state index contributed by atoms with van der Waals surface area (Å²) in [6, 6.07) is 7.26. The van der Waals surface area contributed by atoms with Crippen molar-refractivity contribution in [3.63, 3.8) is 0 Å². The molecular weight excluding hydrogens is 366 g/mol. The summed E-state index contributed by atoms with van der Waals surface area (Å²) in [6.07, 6.45) is 4.37. The Morgan fingerprint density at radius 1 is 1.11 bits per heavy atom. The van der Waals surface area contributed by atoms with E-state index in [-0.39, 0.29) is 10.7 Å². The van der Waals surface area contributed by atoms with Crippen molar-refractivity contribution < 1.29 is 8.42 Å².